The molecule has 0 spiro atoms. The minimum absolute atomic E-state index is 0.235. The molecule has 0 unspecified atom stereocenters. The topological polar surface area (TPSA) is 89.0 Å². The van der Waals surface area contributed by atoms with Gasteiger partial charge in [-0.3, -0.25) is 9.59 Å². The van der Waals surface area contributed by atoms with Crippen molar-refractivity contribution < 1.29 is 19.1 Å². The van der Waals surface area contributed by atoms with Gasteiger partial charge in [0.15, 0.2) is 11.5 Å². The highest BCUT2D eigenvalue weighted by atomic mass is 79.9. The summed E-state index contributed by atoms with van der Waals surface area (Å²) in [7, 11) is 0. The van der Waals surface area contributed by atoms with Gasteiger partial charge in [-0.25, -0.2) is 5.43 Å². The molecule has 0 radical (unpaired) electrons. The van der Waals surface area contributed by atoms with Crippen molar-refractivity contribution in [2.24, 2.45) is 5.10 Å². The van der Waals surface area contributed by atoms with Crippen molar-refractivity contribution in [3.8, 4) is 11.5 Å². The summed E-state index contributed by atoms with van der Waals surface area (Å²) < 4.78 is 12.0. The number of ether oxygens (including phenoxy) is 2. The molecule has 0 aliphatic rings. The molecule has 29 heavy (non-hydrogen) atoms. The minimum atomic E-state index is -0.854. The van der Waals surface area contributed by atoms with Gasteiger partial charge in [0, 0.05) is 11.0 Å². The maximum atomic E-state index is 11.9. The Morgan fingerprint density at radius 2 is 1.97 bits per heavy atom. The zero-order valence-corrected chi connectivity index (χ0v) is 17.6. The molecule has 0 fully saturated rings. The molecule has 0 saturated carbocycles. The van der Waals surface area contributed by atoms with Gasteiger partial charge < -0.3 is 14.8 Å². The van der Waals surface area contributed by atoms with Crippen LogP contribution in [0.2, 0.25) is 0 Å². The van der Waals surface area contributed by atoms with Gasteiger partial charge in [-0.2, -0.15) is 5.10 Å². The smallest absolute Gasteiger partial charge is 0.329 e. The molecule has 2 aromatic carbocycles. The Kier molecular flexibility index (Phi) is 8.91. The molecule has 7 nitrogen and oxygen atoms in total. The largest absolute Gasteiger partial charge is 0.490 e. The molecule has 2 rings (SSSR count). The Balaban J connectivity index is 1.90. The number of carbonyl (C=O) groups excluding carboxylic acids is 2. The fraction of sp³-hybridized carbons (Fsp3) is 0.190. The van der Waals surface area contributed by atoms with E-state index in [1.54, 1.807) is 24.3 Å². The summed E-state index contributed by atoms with van der Waals surface area (Å²) in [4.78, 5) is 23.7. The van der Waals surface area contributed by atoms with Crippen LogP contribution in [0.5, 0.6) is 11.5 Å². The van der Waals surface area contributed by atoms with Gasteiger partial charge >= 0.3 is 11.8 Å². The molecule has 0 aromatic heterocycles. The van der Waals surface area contributed by atoms with Gasteiger partial charge in [0.05, 0.1) is 12.8 Å². The number of halogens is 1. The first kappa shape index (κ1) is 22.2. The number of benzene rings is 2. The van der Waals surface area contributed by atoms with E-state index in [1.165, 1.54) is 6.21 Å². The minimum Gasteiger partial charge on any atom is -0.490 e. The molecule has 2 aromatic rings. The predicted octanol–water partition coefficient (Wildman–Crippen LogP) is 3.18. The van der Waals surface area contributed by atoms with Crippen LogP contribution in [0.4, 0.5) is 0 Å². The lowest BCUT2D eigenvalue weighted by Gasteiger charge is -2.11. The summed E-state index contributed by atoms with van der Waals surface area (Å²) in [6.07, 6.45) is 3.06. The highest BCUT2D eigenvalue weighted by molar-refractivity contribution is 9.10. The number of amides is 2. The van der Waals surface area contributed by atoms with Crippen molar-refractivity contribution in [2.75, 3.05) is 13.2 Å². The van der Waals surface area contributed by atoms with Crippen molar-refractivity contribution in [2.45, 2.75) is 13.5 Å². The summed E-state index contributed by atoms with van der Waals surface area (Å²) in [5.41, 5.74) is 3.74. The number of nitrogens with one attached hydrogen (secondary N) is 2. The van der Waals surface area contributed by atoms with Gasteiger partial charge in [0.25, 0.3) is 0 Å². The maximum Gasteiger partial charge on any atom is 0.329 e. The van der Waals surface area contributed by atoms with Crippen molar-refractivity contribution in [3.05, 3.63) is 70.7 Å². The number of carbonyl (C=O) groups is 2. The number of hydrogen-bond acceptors (Lipinski definition) is 5. The molecular formula is C21H22BrN3O4. The Morgan fingerprint density at radius 1 is 1.14 bits per heavy atom. The first-order valence-corrected chi connectivity index (χ1v) is 9.69. The lowest BCUT2D eigenvalue weighted by atomic mass is 10.2. The molecule has 0 bridgehead atoms. The molecular weight excluding hydrogens is 438 g/mol. The number of nitrogens with zero attached hydrogens (tertiary/aromatic N) is 1. The monoisotopic (exact) mass is 459 g/mol. The average molecular weight is 460 g/mol. The number of hydrogen-bond donors (Lipinski definition) is 2. The Hall–Kier alpha value is -3.13. The second kappa shape index (κ2) is 11.7. The predicted molar refractivity (Wildman–Crippen MR) is 115 cm³/mol. The molecule has 0 atom stereocenters. The normalized spacial score (nSPS) is 10.4. The van der Waals surface area contributed by atoms with Gasteiger partial charge in [-0.15, -0.1) is 0 Å². The van der Waals surface area contributed by atoms with Crippen molar-refractivity contribution in [1.82, 2.24) is 10.7 Å². The van der Waals surface area contributed by atoms with Crippen LogP contribution in [0.25, 0.3) is 0 Å². The Bertz CT molecular complexity index is 899. The summed E-state index contributed by atoms with van der Waals surface area (Å²) in [5, 5.41) is 6.36. The zero-order chi connectivity index (χ0) is 21.1. The van der Waals surface area contributed by atoms with E-state index in [0.29, 0.717) is 30.3 Å². The van der Waals surface area contributed by atoms with Crippen LogP contribution < -0.4 is 20.2 Å². The molecule has 2 amide bonds. The summed E-state index contributed by atoms with van der Waals surface area (Å²) in [6.45, 7) is 6.55. The first-order valence-electron chi connectivity index (χ1n) is 8.89. The van der Waals surface area contributed by atoms with Crippen LogP contribution >= 0.6 is 15.9 Å². The van der Waals surface area contributed by atoms with Gasteiger partial charge in [-0.05, 0) is 48.4 Å². The van der Waals surface area contributed by atoms with E-state index < -0.39 is 11.8 Å². The van der Waals surface area contributed by atoms with Crippen LogP contribution in [0.3, 0.4) is 0 Å². The van der Waals surface area contributed by atoms with E-state index in [9.17, 15) is 9.59 Å². The third-order valence-electron chi connectivity index (χ3n) is 3.55. The Morgan fingerprint density at radius 3 is 2.69 bits per heavy atom. The Labute approximate surface area is 177 Å². The van der Waals surface area contributed by atoms with E-state index in [1.807, 2.05) is 31.2 Å². The summed E-state index contributed by atoms with van der Waals surface area (Å²) in [6, 6.07) is 12.6. The second-order valence-electron chi connectivity index (χ2n) is 5.75. The van der Waals surface area contributed by atoms with Gasteiger partial charge in [0.2, 0.25) is 0 Å². The third-order valence-corrected chi connectivity index (χ3v) is 4.05. The first-order chi connectivity index (χ1) is 14.0. The molecule has 152 valence electrons. The lowest BCUT2D eigenvalue weighted by Crippen LogP contribution is -2.37. The van der Waals surface area contributed by atoms with Crippen LogP contribution in [-0.2, 0) is 16.1 Å². The maximum absolute atomic E-state index is 11.9. The summed E-state index contributed by atoms with van der Waals surface area (Å²) in [5.74, 6) is -0.492. The number of rotatable bonds is 9. The molecule has 0 aliphatic heterocycles. The average Bonchev–Trinajstić information content (AvgIpc) is 2.71. The summed E-state index contributed by atoms with van der Waals surface area (Å²) >= 11 is 3.35. The van der Waals surface area contributed by atoms with Crippen LogP contribution in [0.15, 0.2) is 64.7 Å². The highest BCUT2D eigenvalue weighted by Gasteiger charge is 2.12. The van der Waals surface area contributed by atoms with Crippen molar-refractivity contribution in [3.63, 3.8) is 0 Å². The number of hydrazone groups is 1. The van der Waals surface area contributed by atoms with Crippen LogP contribution in [0.1, 0.15) is 18.1 Å². The van der Waals surface area contributed by atoms with Crippen LogP contribution in [0, 0.1) is 0 Å². The third kappa shape index (κ3) is 7.42. The second-order valence-corrected chi connectivity index (χ2v) is 6.67. The zero-order valence-electron chi connectivity index (χ0n) is 16.0. The SMILES string of the molecule is C=CCOc1ccc(/C=N\NC(=O)C(=O)NCc2cccc(Br)c2)cc1OCC. The van der Waals surface area contributed by atoms with Crippen LogP contribution in [-0.4, -0.2) is 31.2 Å². The van der Waals surface area contributed by atoms with E-state index in [0.717, 1.165) is 10.0 Å². The standard InChI is InChI=1S/C21H22BrN3O4/c1-3-10-29-18-9-8-16(12-19(18)28-4-2)14-24-25-21(27)20(26)23-13-15-6-5-7-17(22)11-15/h3,5-9,11-12,14H,1,4,10,13H2,2H3,(H,23,26)(H,25,27)/b24-14-. The van der Waals surface area contributed by atoms with E-state index in [2.05, 4.69) is 38.4 Å². The van der Waals surface area contributed by atoms with Crippen molar-refractivity contribution in [1.29, 1.82) is 0 Å². The molecule has 8 heteroatoms. The quantitative estimate of drug-likeness (QED) is 0.261. The molecule has 0 saturated heterocycles. The fourth-order valence-electron chi connectivity index (χ4n) is 2.27. The highest BCUT2D eigenvalue weighted by Crippen LogP contribution is 2.28. The fourth-order valence-corrected chi connectivity index (χ4v) is 2.71. The lowest BCUT2D eigenvalue weighted by molar-refractivity contribution is -0.139. The van der Waals surface area contributed by atoms with Crippen molar-refractivity contribution >= 4 is 34.0 Å². The van der Waals surface area contributed by atoms with Gasteiger partial charge in [0.1, 0.15) is 6.61 Å². The molecule has 0 aliphatic carbocycles. The molecule has 2 N–H and O–H groups in total. The van der Waals surface area contributed by atoms with E-state index in [-0.39, 0.29) is 6.54 Å². The van der Waals surface area contributed by atoms with E-state index >= 15 is 0 Å². The van der Waals surface area contributed by atoms with Gasteiger partial charge in [-0.1, -0.05) is 40.7 Å². The molecule has 0 heterocycles. The van der Waals surface area contributed by atoms with E-state index in [4.69, 9.17) is 9.47 Å².